The van der Waals surface area contributed by atoms with Crippen LogP contribution in [0.3, 0.4) is 0 Å². The Morgan fingerprint density at radius 1 is 1.43 bits per heavy atom. The van der Waals surface area contributed by atoms with Crippen molar-refractivity contribution in [3.63, 3.8) is 0 Å². The molecule has 1 aromatic carbocycles. The fraction of sp³-hybridized carbons (Fsp3) is 0.400. The van der Waals surface area contributed by atoms with Gasteiger partial charge in [-0.05, 0) is 31.2 Å². The summed E-state index contributed by atoms with van der Waals surface area (Å²) in [4.78, 5) is 0. The molecule has 0 bridgehead atoms. The normalized spacial score (nSPS) is 20.2. The second kappa shape index (κ2) is 5.44. The zero-order valence-electron chi connectivity index (χ0n) is 7.79. The van der Waals surface area contributed by atoms with E-state index in [0.29, 0.717) is 6.04 Å². The third kappa shape index (κ3) is 3.05. The molecule has 0 aliphatic carbocycles. The van der Waals surface area contributed by atoms with Crippen LogP contribution in [-0.4, -0.2) is 19.1 Å². The van der Waals surface area contributed by atoms with Gasteiger partial charge in [0.2, 0.25) is 0 Å². The third-order valence-corrected chi connectivity index (χ3v) is 2.49. The molecule has 14 heavy (non-hydrogen) atoms. The molecular formula is C10H14Cl2N2. The summed E-state index contributed by atoms with van der Waals surface area (Å²) in [6.45, 7) is 2.16. The maximum absolute atomic E-state index is 5.87. The van der Waals surface area contributed by atoms with Crippen LogP contribution in [0.2, 0.25) is 5.02 Å². The van der Waals surface area contributed by atoms with E-state index in [2.05, 4.69) is 10.6 Å². The third-order valence-electron chi connectivity index (χ3n) is 2.26. The zero-order chi connectivity index (χ0) is 9.10. The van der Waals surface area contributed by atoms with E-state index >= 15 is 0 Å². The van der Waals surface area contributed by atoms with Crippen molar-refractivity contribution in [3.8, 4) is 0 Å². The largest absolute Gasteiger partial charge is 0.381 e. The number of hydrogen-bond acceptors (Lipinski definition) is 2. The number of hydrogen-bond donors (Lipinski definition) is 2. The van der Waals surface area contributed by atoms with Crippen LogP contribution >= 0.6 is 24.0 Å². The van der Waals surface area contributed by atoms with Crippen LogP contribution in [0.5, 0.6) is 0 Å². The Bertz CT molecular complexity index is 285. The molecular weight excluding hydrogens is 219 g/mol. The molecule has 0 aromatic heterocycles. The lowest BCUT2D eigenvalue weighted by atomic mass is 10.2. The summed E-state index contributed by atoms with van der Waals surface area (Å²) in [6, 6.07) is 8.41. The second-order valence-electron chi connectivity index (χ2n) is 3.34. The van der Waals surface area contributed by atoms with E-state index in [1.807, 2.05) is 24.3 Å². The zero-order valence-corrected chi connectivity index (χ0v) is 9.37. The molecule has 4 heteroatoms. The summed E-state index contributed by atoms with van der Waals surface area (Å²) < 4.78 is 0. The lowest BCUT2D eigenvalue weighted by Gasteiger charge is -2.12. The van der Waals surface area contributed by atoms with Crippen LogP contribution in [0.1, 0.15) is 6.42 Å². The van der Waals surface area contributed by atoms with Crippen molar-refractivity contribution in [2.24, 2.45) is 0 Å². The Morgan fingerprint density at radius 3 is 2.93 bits per heavy atom. The van der Waals surface area contributed by atoms with Crippen LogP contribution in [0, 0.1) is 0 Å². The number of benzene rings is 1. The van der Waals surface area contributed by atoms with E-state index in [1.165, 1.54) is 6.42 Å². The topological polar surface area (TPSA) is 24.1 Å². The van der Waals surface area contributed by atoms with Gasteiger partial charge in [0.05, 0.1) is 0 Å². The monoisotopic (exact) mass is 232 g/mol. The van der Waals surface area contributed by atoms with Gasteiger partial charge in [-0.3, -0.25) is 0 Å². The molecule has 0 spiro atoms. The maximum atomic E-state index is 5.87. The molecule has 2 nitrogen and oxygen atoms in total. The highest BCUT2D eigenvalue weighted by Gasteiger charge is 2.13. The van der Waals surface area contributed by atoms with Crippen molar-refractivity contribution in [3.05, 3.63) is 29.3 Å². The first-order valence-electron chi connectivity index (χ1n) is 4.57. The van der Waals surface area contributed by atoms with Crippen molar-refractivity contribution in [2.45, 2.75) is 12.5 Å². The second-order valence-corrected chi connectivity index (χ2v) is 3.78. The molecule has 1 atom stereocenters. The summed E-state index contributed by atoms with van der Waals surface area (Å²) in [5.74, 6) is 0. The molecule has 1 fully saturated rings. The van der Waals surface area contributed by atoms with E-state index in [1.54, 1.807) is 0 Å². The average Bonchev–Trinajstić information content (AvgIpc) is 2.57. The average molecular weight is 233 g/mol. The fourth-order valence-electron chi connectivity index (χ4n) is 1.59. The minimum Gasteiger partial charge on any atom is -0.381 e. The molecule has 0 amide bonds. The molecule has 1 saturated heterocycles. The SMILES string of the molecule is Cl.Clc1cccc(N[C@H]2CCNC2)c1. The Hall–Kier alpha value is -0.440. The van der Waals surface area contributed by atoms with Crippen molar-refractivity contribution in [1.29, 1.82) is 0 Å². The molecule has 2 N–H and O–H groups in total. The molecule has 2 rings (SSSR count). The van der Waals surface area contributed by atoms with Crippen molar-refractivity contribution in [2.75, 3.05) is 18.4 Å². The Labute approximate surface area is 95.4 Å². The van der Waals surface area contributed by atoms with E-state index in [9.17, 15) is 0 Å². The molecule has 0 saturated carbocycles. The van der Waals surface area contributed by atoms with E-state index in [-0.39, 0.29) is 12.4 Å². The highest BCUT2D eigenvalue weighted by atomic mass is 35.5. The first-order chi connectivity index (χ1) is 6.34. The lowest BCUT2D eigenvalue weighted by molar-refractivity contribution is 0.793. The summed E-state index contributed by atoms with van der Waals surface area (Å²) in [7, 11) is 0. The van der Waals surface area contributed by atoms with Crippen LogP contribution < -0.4 is 10.6 Å². The molecule has 1 aromatic rings. The quantitative estimate of drug-likeness (QED) is 0.820. The highest BCUT2D eigenvalue weighted by molar-refractivity contribution is 6.30. The first kappa shape index (κ1) is 11.6. The van der Waals surface area contributed by atoms with Crippen molar-refractivity contribution in [1.82, 2.24) is 5.32 Å². The van der Waals surface area contributed by atoms with Crippen LogP contribution in [0.25, 0.3) is 0 Å². The van der Waals surface area contributed by atoms with Gasteiger partial charge in [0.15, 0.2) is 0 Å². The van der Waals surface area contributed by atoms with Gasteiger partial charge in [0.25, 0.3) is 0 Å². The highest BCUT2D eigenvalue weighted by Crippen LogP contribution is 2.16. The minimum absolute atomic E-state index is 0. The predicted molar refractivity (Wildman–Crippen MR) is 63.6 cm³/mol. The summed E-state index contributed by atoms with van der Waals surface area (Å²) >= 11 is 5.87. The Balaban J connectivity index is 0.000000980. The summed E-state index contributed by atoms with van der Waals surface area (Å²) in [6.07, 6.45) is 1.19. The van der Waals surface area contributed by atoms with E-state index in [0.717, 1.165) is 23.8 Å². The Morgan fingerprint density at radius 2 is 2.29 bits per heavy atom. The van der Waals surface area contributed by atoms with Crippen molar-refractivity contribution < 1.29 is 0 Å². The number of nitrogens with one attached hydrogen (secondary N) is 2. The van der Waals surface area contributed by atoms with Crippen LogP contribution in [0.4, 0.5) is 5.69 Å². The predicted octanol–water partition coefficient (Wildman–Crippen LogP) is 2.54. The molecule has 1 heterocycles. The van der Waals surface area contributed by atoms with Crippen LogP contribution in [0.15, 0.2) is 24.3 Å². The van der Waals surface area contributed by atoms with E-state index < -0.39 is 0 Å². The van der Waals surface area contributed by atoms with Gasteiger partial charge in [-0.1, -0.05) is 17.7 Å². The van der Waals surface area contributed by atoms with Gasteiger partial charge in [0.1, 0.15) is 0 Å². The first-order valence-corrected chi connectivity index (χ1v) is 4.95. The van der Waals surface area contributed by atoms with Gasteiger partial charge < -0.3 is 10.6 Å². The standard InChI is InChI=1S/C10H13ClN2.ClH/c11-8-2-1-3-9(6-8)13-10-4-5-12-7-10;/h1-3,6,10,12-13H,4-5,7H2;1H/t10-;/m0./s1. The van der Waals surface area contributed by atoms with Gasteiger partial charge >= 0.3 is 0 Å². The number of anilines is 1. The molecule has 0 unspecified atom stereocenters. The summed E-state index contributed by atoms with van der Waals surface area (Å²) in [5, 5.41) is 7.53. The van der Waals surface area contributed by atoms with Crippen LogP contribution in [-0.2, 0) is 0 Å². The van der Waals surface area contributed by atoms with Gasteiger partial charge in [-0.15, -0.1) is 12.4 Å². The van der Waals surface area contributed by atoms with Gasteiger partial charge in [0, 0.05) is 23.3 Å². The molecule has 78 valence electrons. The number of halogens is 2. The van der Waals surface area contributed by atoms with Gasteiger partial charge in [-0.2, -0.15) is 0 Å². The maximum Gasteiger partial charge on any atom is 0.0426 e. The van der Waals surface area contributed by atoms with Crippen molar-refractivity contribution >= 4 is 29.7 Å². The smallest absolute Gasteiger partial charge is 0.0426 e. The minimum atomic E-state index is 0. The molecule has 0 radical (unpaired) electrons. The molecule has 1 aliphatic rings. The fourth-order valence-corrected chi connectivity index (χ4v) is 1.78. The Kier molecular flexibility index (Phi) is 4.52. The summed E-state index contributed by atoms with van der Waals surface area (Å²) in [5.41, 5.74) is 1.11. The lowest BCUT2D eigenvalue weighted by Crippen LogP contribution is -2.21. The number of rotatable bonds is 2. The van der Waals surface area contributed by atoms with E-state index in [4.69, 9.17) is 11.6 Å². The molecule has 1 aliphatic heterocycles. The van der Waals surface area contributed by atoms with Gasteiger partial charge in [-0.25, -0.2) is 0 Å².